The van der Waals surface area contributed by atoms with Crippen LogP contribution in [0.4, 0.5) is 4.39 Å². The van der Waals surface area contributed by atoms with Crippen LogP contribution in [0.15, 0.2) is 65.8 Å². The summed E-state index contributed by atoms with van der Waals surface area (Å²) in [6.07, 6.45) is 0. The summed E-state index contributed by atoms with van der Waals surface area (Å²) in [5, 5.41) is 0.626. The van der Waals surface area contributed by atoms with Crippen molar-refractivity contribution < 1.29 is 9.13 Å². The Labute approximate surface area is 151 Å². The lowest BCUT2D eigenvalue weighted by Gasteiger charge is -2.11. The van der Waals surface area contributed by atoms with E-state index >= 15 is 0 Å². The number of thioether (sulfide) groups is 1. The Bertz CT molecular complexity index is 840. The number of benzene rings is 2. The molecule has 3 rings (SSSR count). The second-order valence-corrected chi connectivity index (χ2v) is 6.82. The predicted octanol–water partition coefficient (Wildman–Crippen LogP) is 5.82. The molecular weight excluding hydrogens is 335 g/mol. The molecule has 1 aromatic heterocycles. The van der Waals surface area contributed by atoms with Gasteiger partial charge >= 0.3 is 0 Å². The van der Waals surface area contributed by atoms with Gasteiger partial charge in [0.05, 0.1) is 5.69 Å². The molecule has 3 nitrogen and oxygen atoms in total. The first-order valence-electron chi connectivity index (χ1n) is 8.10. The number of para-hydroxylation sites is 1. The van der Waals surface area contributed by atoms with E-state index in [1.165, 1.54) is 23.4 Å². The summed E-state index contributed by atoms with van der Waals surface area (Å²) in [6, 6.07) is 18.2. The highest BCUT2D eigenvalue weighted by atomic mass is 32.2. The van der Waals surface area contributed by atoms with Gasteiger partial charge in [-0.15, -0.1) is 0 Å². The molecule has 0 radical (unpaired) electrons. The molecule has 0 atom stereocenters. The summed E-state index contributed by atoms with van der Waals surface area (Å²) in [5.41, 5.74) is 2.07. The second-order valence-electron chi connectivity index (χ2n) is 5.88. The van der Waals surface area contributed by atoms with Crippen LogP contribution in [0.1, 0.15) is 31.0 Å². The van der Waals surface area contributed by atoms with Gasteiger partial charge in [-0.3, -0.25) is 0 Å². The summed E-state index contributed by atoms with van der Waals surface area (Å²) in [4.78, 5) is 9.02. The summed E-state index contributed by atoms with van der Waals surface area (Å²) in [6.45, 7) is 4.11. The quantitative estimate of drug-likeness (QED) is 0.412. The molecule has 3 aromatic rings. The SMILES string of the molecule is CC(C)c1cc(Oc2ccccc2F)nc(SCc2ccccc2)n1. The zero-order valence-electron chi connectivity index (χ0n) is 14.1. The average molecular weight is 354 g/mol. The van der Waals surface area contributed by atoms with Crippen molar-refractivity contribution in [2.45, 2.75) is 30.7 Å². The zero-order chi connectivity index (χ0) is 17.6. The highest BCUT2D eigenvalue weighted by Crippen LogP contribution is 2.28. The summed E-state index contributed by atoms with van der Waals surface area (Å²) in [5.74, 6) is 1.10. The molecule has 0 unspecified atom stereocenters. The first-order chi connectivity index (χ1) is 12.1. The molecule has 0 aliphatic carbocycles. The Morgan fingerprint density at radius 2 is 1.72 bits per heavy atom. The highest BCUT2D eigenvalue weighted by molar-refractivity contribution is 7.98. The highest BCUT2D eigenvalue weighted by Gasteiger charge is 2.12. The van der Waals surface area contributed by atoms with Crippen molar-refractivity contribution in [1.82, 2.24) is 9.97 Å². The Kier molecular flexibility index (Phi) is 5.66. The second kappa shape index (κ2) is 8.12. The van der Waals surface area contributed by atoms with Gasteiger partial charge in [0.15, 0.2) is 16.7 Å². The van der Waals surface area contributed by atoms with Crippen LogP contribution in [-0.4, -0.2) is 9.97 Å². The maximum Gasteiger partial charge on any atom is 0.223 e. The van der Waals surface area contributed by atoms with E-state index in [-0.39, 0.29) is 11.7 Å². The van der Waals surface area contributed by atoms with Crippen molar-refractivity contribution in [3.8, 4) is 11.6 Å². The van der Waals surface area contributed by atoms with Crippen molar-refractivity contribution in [1.29, 1.82) is 0 Å². The maximum absolute atomic E-state index is 13.8. The first kappa shape index (κ1) is 17.4. The van der Waals surface area contributed by atoms with Crippen molar-refractivity contribution in [3.05, 3.63) is 77.7 Å². The van der Waals surface area contributed by atoms with Crippen LogP contribution < -0.4 is 4.74 Å². The molecule has 0 spiro atoms. The van der Waals surface area contributed by atoms with Crippen molar-refractivity contribution >= 4 is 11.8 Å². The lowest BCUT2D eigenvalue weighted by molar-refractivity contribution is 0.420. The minimum absolute atomic E-state index is 0.162. The van der Waals surface area contributed by atoms with Crippen molar-refractivity contribution in [2.75, 3.05) is 0 Å². The van der Waals surface area contributed by atoms with E-state index in [1.54, 1.807) is 24.3 Å². The third-order valence-electron chi connectivity index (χ3n) is 3.56. The molecule has 0 amide bonds. The number of hydrogen-bond donors (Lipinski definition) is 0. The van der Waals surface area contributed by atoms with Gasteiger partial charge in [-0.05, 0) is 23.6 Å². The fraction of sp³-hybridized carbons (Fsp3) is 0.200. The molecular formula is C20H19FN2OS. The molecule has 0 saturated carbocycles. The van der Waals surface area contributed by atoms with E-state index in [9.17, 15) is 4.39 Å². The third kappa shape index (κ3) is 4.79. The lowest BCUT2D eigenvalue weighted by atomic mass is 10.1. The molecule has 0 bridgehead atoms. The molecule has 2 aromatic carbocycles. The maximum atomic E-state index is 13.8. The van der Waals surface area contributed by atoms with Crippen molar-refractivity contribution in [2.24, 2.45) is 0 Å². The number of aromatic nitrogens is 2. The van der Waals surface area contributed by atoms with E-state index in [4.69, 9.17) is 4.74 Å². The van der Waals surface area contributed by atoms with Gasteiger partial charge in [0.25, 0.3) is 0 Å². The Morgan fingerprint density at radius 3 is 2.44 bits per heavy atom. The van der Waals surface area contributed by atoms with Gasteiger partial charge in [-0.25, -0.2) is 9.37 Å². The molecule has 5 heteroatoms. The average Bonchev–Trinajstić information content (AvgIpc) is 2.63. The molecule has 0 N–H and O–H groups in total. The number of halogens is 1. The minimum atomic E-state index is -0.411. The standard InChI is InChI=1S/C20H19FN2OS/c1-14(2)17-12-19(24-18-11-7-6-10-16(18)21)23-20(22-17)25-13-15-8-4-3-5-9-15/h3-12,14H,13H2,1-2H3. The van der Waals surface area contributed by atoms with Gasteiger partial charge in [-0.2, -0.15) is 4.98 Å². The smallest absolute Gasteiger partial charge is 0.223 e. The fourth-order valence-corrected chi connectivity index (χ4v) is 3.01. The van der Waals surface area contributed by atoms with E-state index in [1.807, 2.05) is 18.2 Å². The summed E-state index contributed by atoms with van der Waals surface area (Å²) >= 11 is 1.54. The Hall–Kier alpha value is -2.40. The van der Waals surface area contributed by atoms with Gasteiger partial charge in [0.1, 0.15) is 0 Å². The van der Waals surface area contributed by atoms with Crippen LogP contribution >= 0.6 is 11.8 Å². The van der Waals surface area contributed by atoms with E-state index in [0.717, 1.165) is 11.4 Å². The summed E-state index contributed by atoms with van der Waals surface area (Å²) in [7, 11) is 0. The van der Waals surface area contributed by atoms with Crippen LogP contribution in [0.2, 0.25) is 0 Å². The summed E-state index contributed by atoms with van der Waals surface area (Å²) < 4.78 is 19.5. The first-order valence-corrected chi connectivity index (χ1v) is 9.08. The number of rotatable bonds is 6. The number of ether oxygens (including phenoxy) is 1. The van der Waals surface area contributed by atoms with Crippen molar-refractivity contribution in [3.63, 3.8) is 0 Å². The predicted molar refractivity (Wildman–Crippen MR) is 98.6 cm³/mol. The van der Waals surface area contributed by atoms with E-state index in [0.29, 0.717) is 11.0 Å². The molecule has 0 aliphatic rings. The molecule has 0 aliphatic heterocycles. The molecule has 25 heavy (non-hydrogen) atoms. The van der Waals surface area contributed by atoms with Crippen LogP contribution in [0, 0.1) is 5.82 Å². The number of hydrogen-bond acceptors (Lipinski definition) is 4. The monoisotopic (exact) mass is 354 g/mol. The largest absolute Gasteiger partial charge is 0.436 e. The van der Waals surface area contributed by atoms with Crippen LogP contribution in [0.3, 0.4) is 0 Å². The van der Waals surface area contributed by atoms with E-state index < -0.39 is 5.82 Å². The molecule has 0 fully saturated rings. The van der Waals surface area contributed by atoms with Gasteiger partial charge in [-0.1, -0.05) is 68.1 Å². The van der Waals surface area contributed by atoms with Gasteiger partial charge < -0.3 is 4.74 Å². The van der Waals surface area contributed by atoms with Gasteiger partial charge in [0, 0.05) is 11.8 Å². The molecule has 1 heterocycles. The normalized spacial score (nSPS) is 10.9. The van der Waals surface area contributed by atoms with Crippen LogP contribution in [0.5, 0.6) is 11.6 Å². The molecule has 0 saturated heterocycles. The zero-order valence-corrected chi connectivity index (χ0v) is 15.0. The van der Waals surface area contributed by atoms with Crippen LogP contribution in [-0.2, 0) is 5.75 Å². The molecule has 128 valence electrons. The fourth-order valence-electron chi connectivity index (χ4n) is 2.20. The Morgan fingerprint density at radius 1 is 1.00 bits per heavy atom. The lowest BCUT2D eigenvalue weighted by Crippen LogP contribution is -2.00. The van der Waals surface area contributed by atoms with E-state index in [2.05, 4.69) is 35.9 Å². The Balaban J connectivity index is 1.83. The topological polar surface area (TPSA) is 35.0 Å². The van der Waals surface area contributed by atoms with Crippen LogP contribution in [0.25, 0.3) is 0 Å². The third-order valence-corrected chi connectivity index (χ3v) is 4.47. The minimum Gasteiger partial charge on any atom is -0.436 e. The van der Waals surface area contributed by atoms with Gasteiger partial charge in [0.2, 0.25) is 5.88 Å². The number of nitrogens with zero attached hydrogens (tertiary/aromatic N) is 2.